The standard InChI is InChI=1S/C27H33N3O6S3/c1-18-13-19(2)16-29(15-18)39(34,35)22-8-6-20(7-9-22)26(31)30(17-21-5-4-12-36-21)27-28-24-11-10-23(38(3,32)33)14-25(24)37-27/h6-11,14,18-19,21H,4-5,12-13,15-17H2,1-3H3. The zero-order valence-corrected chi connectivity index (χ0v) is 24.7. The lowest BCUT2D eigenvalue weighted by Crippen LogP contribution is -2.42. The molecule has 9 nitrogen and oxygen atoms in total. The largest absolute Gasteiger partial charge is 0.376 e. The number of anilines is 1. The van der Waals surface area contributed by atoms with Crippen molar-refractivity contribution in [3.63, 3.8) is 0 Å². The summed E-state index contributed by atoms with van der Waals surface area (Å²) in [6.07, 6.45) is 3.73. The Hall–Kier alpha value is -2.38. The van der Waals surface area contributed by atoms with Crippen molar-refractivity contribution in [3.8, 4) is 0 Å². The lowest BCUT2D eigenvalue weighted by atomic mass is 9.94. The van der Waals surface area contributed by atoms with Gasteiger partial charge in [-0.1, -0.05) is 25.2 Å². The maximum Gasteiger partial charge on any atom is 0.260 e. The number of nitrogens with zero attached hydrogens (tertiary/aromatic N) is 3. The number of ether oxygens (including phenoxy) is 1. The summed E-state index contributed by atoms with van der Waals surface area (Å²) in [5.41, 5.74) is 0.933. The smallest absolute Gasteiger partial charge is 0.260 e. The zero-order chi connectivity index (χ0) is 27.9. The van der Waals surface area contributed by atoms with Gasteiger partial charge in [0, 0.05) is 31.5 Å². The predicted octanol–water partition coefficient (Wildman–Crippen LogP) is 4.19. The molecule has 2 saturated heterocycles. The molecule has 0 saturated carbocycles. The van der Waals surface area contributed by atoms with Gasteiger partial charge < -0.3 is 4.74 Å². The molecule has 1 aromatic heterocycles. The van der Waals surface area contributed by atoms with Crippen LogP contribution in [0.2, 0.25) is 0 Å². The first-order chi connectivity index (χ1) is 18.4. The van der Waals surface area contributed by atoms with Gasteiger partial charge in [-0.15, -0.1) is 0 Å². The Labute approximate surface area is 233 Å². The van der Waals surface area contributed by atoms with E-state index in [1.807, 2.05) is 0 Å². The molecule has 2 fully saturated rings. The first kappa shape index (κ1) is 28.2. The summed E-state index contributed by atoms with van der Waals surface area (Å²) in [6.45, 7) is 6.02. The van der Waals surface area contributed by atoms with Gasteiger partial charge in [0.2, 0.25) is 10.0 Å². The van der Waals surface area contributed by atoms with Crippen molar-refractivity contribution in [2.75, 3.05) is 37.4 Å². The van der Waals surface area contributed by atoms with Crippen LogP contribution in [0.15, 0.2) is 52.3 Å². The monoisotopic (exact) mass is 591 g/mol. The Kier molecular flexibility index (Phi) is 7.86. The summed E-state index contributed by atoms with van der Waals surface area (Å²) in [5.74, 6) is 0.258. The van der Waals surface area contributed by atoms with Crippen molar-refractivity contribution < 1.29 is 26.4 Å². The Morgan fingerprint density at radius 1 is 1.05 bits per heavy atom. The number of rotatable bonds is 7. The summed E-state index contributed by atoms with van der Waals surface area (Å²) in [5, 5.41) is 0.434. The van der Waals surface area contributed by atoms with Crippen LogP contribution in [-0.4, -0.2) is 70.6 Å². The topological polar surface area (TPSA) is 114 Å². The van der Waals surface area contributed by atoms with Crippen LogP contribution < -0.4 is 4.90 Å². The number of sulfonamides is 1. The maximum absolute atomic E-state index is 13.8. The van der Waals surface area contributed by atoms with Crippen LogP contribution in [0, 0.1) is 11.8 Å². The van der Waals surface area contributed by atoms with Gasteiger partial charge in [-0.05, 0) is 73.6 Å². The molecule has 2 aliphatic heterocycles. The highest BCUT2D eigenvalue weighted by Crippen LogP contribution is 2.33. The number of carbonyl (C=O) groups is 1. The number of thiazole rings is 1. The molecule has 1 amide bonds. The average molecular weight is 592 g/mol. The van der Waals surface area contributed by atoms with Crippen LogP contribution in [0.3, 0.4) is 0 Å². The number of benzene rings is 2. The number of fused-ring (bicyclic) bond motifs is 1. The molecule has 3 atom stereocenters. The fourth-order valence-corrected chi connectivity index (χ4v) is 8.77. The van der Waals surface area contributed by atoms with E-state index in [-0.39, 0.29) is 33.6 Å². The van der Waals surface area contributed by atoms with Gasteiger partial charge in [0.05, 0.1) is 32.7 Å². The molecular formula is C27H33N3O6S3. The molecule has 3 heterocycles. The Morgan fingerprint density at radius 2 is 1.72 bits per heavy atom. The minimum Gasteiger partial charge on any atom is -0.376 e. The van der Waals surface area contributed by atoms with E-state index in [0.29, 0.717) is 47.2 Å². The molecule has 5 rings (SSSR count). The van der Waals surface area contributed by atoms with Gasteiger partial charge in [0.1, 0.15) is 0 Å². The Bertz CT molecular complexity index is 1570. The minimum absolute atomic E-state index is 0.143. The third-order valence-electron chi connectivity index (χ3n) is 7.24. The summed E-state index contributed by atoms with van der Waals surface area (Å²) in [7, 11) is -7.05. The second kappa shape index (κ2) is 10.9. The number of hydrogen-bond donors (Lipinski definition) is 0. The van der Waals surface area contributed by atoms with Gasteiger partial charge in [-0.3, -0.25) is 9.69 Å². The maximum atomic E-state index is 13.8. The van der Waals surface area contributed by atoms with Crippen LogP contribution in [0.1, 0.15) is 43.5 Å². The van der Waals surface area contributed by atoms with Crippen LogP contribution in [0.4, 0.5) is 5.13 Å². The first-order valence-electron chi connectivity index (χ1n) is 13.1. The molecule has 12 heteroatoms. The van der Waals surface area contributed by atoms with Gasteiger partial charge >= 0.3 is 0 Å². The molecular weight excluding hydrogens is 559 g/mol. The SMILES string of the molecule is CC1CC(C)CN(S(=O)(=O)c2ccc(C(=O)N(CC3CCCO3)c3nc4ccc(S(C)(=O)=O)cc4s3)cc2)C1. The van der Waals surface area contributed by atoms with E-state index in [4.69, 9.17) is 4.74 Å². The third kappa shape index (κ3) is 6.04. The Balaban J connectivity index is 1.44. The molecule has 0 radical (unpaired) electrons. The molecule has 2 aromatic carbocycles. The first-order valence-corrected chi connectivity index (χ1v) is 17.2. The van der Waals surface area contributed by atoms with E-state index in [1.54, 1.807) is 29.2 Å². The van der Waals surface area contributed by atoms with Crippen LogP contribution in [0.5, 0.6) is 0 Å². The van der Waals surface area contributed by atoms with Crippen LogP contribution in [-0.2, 0) is 24.6 Å². The quantitative estimate of drug-likeness (QED) is 0.405. The molecule has 3 unspecified atom stereocenters. The molecule has 0 spiro atoms. The molecule has 0 bridgehead atoms. The average Bonchev–Trinajstić information content (AvgIpc) is 3.55. The molecule has 39 heavy (non-hydrogen) atoms. The van der Waals surface area contributed by atoms with Gasteiger partial charge in [0.25, 0.3) is 5.91 Å². The number of carbonyl (C=O) groups excluding carboxylic acids is 1. The Morgan fingerprint density at radius 3 is 2.33 bits per heavy atom. The molecule has 210 valence electrons. The van der Waals surface area contributed by atoms with Crippen LogP contribution >= 0.6 is 11.3 Å². The second-order valence-corrected chi connectivity index (χ2v) is 15.7. The van der Waals surface area contributed by atoms with Gasteiger partial charge in [0.15, 0.2) is 15.0 Å². The molecule has 3 aromatic rings. The molecule has 2 aliphatic rings. The lowest BCUT2D eigenvalue weighted by Gasteiger charge is -2.34. The lowest BCUT2D eigenvalue weighted by molar-refractivity contribution is 0.0917. The van der Waals surface area contributed by atoms with Gasteiger partial charge in [-0.25, -0.2) is 21.8 Å². The number of sulfone groups is 1. The number of amides is 1. The van der Waals surface area contributed by atoms with Gasteiger partial charge in [-0.2, -0.15) is 4.31 Å². The highest BCUT2D eigenvalue weighted by atomic mass is 32.2. The van der Waals surface area contributed by atoms with Crippen molar-refractivity contribution >= 4 is 52.5 Å². The van der Waals surface area contributed by atoms with Crippen LogP contribution in [0.25, 0.3) is 10.2 Å². The van der Waals surface area contributed by atoms with Crippen molar-refractivity contribution in [3.05, 3.63) is 48.0 Å². The second-order valence-electron chi connectivity index (χ2n) is 10.7. The summed E-state index contributed by atoms with van der Waals surface area (Å²) >= 11 is 1.24. The van der Waals surface area contributed by atoms with Crippen molar-refractivity contribution in [2.45, 2.75) is 49.0 Å². The summed E-state index contributed by atoms with van der Waals surface area (Å²) < 4.78 is 58.7. The fraction of sp³-hybridized carbons (Fsp3) is 0.481. The van der Waals surface area contributed by atoms with E-state index in [1.165, 1.54) is 33.8 Å². The third-order valence-corrected chi connectivity index (χ3v) is 11.2. The van der Waals surface area contributed by atoms with E-state index in [0.717, 1.165) is 25.5 Å². The number of piperidine rings is 1. The summed E-state index contributed by atoms with van der Waals surface area (Å²) in [4.78, 5) is 20.3. The minimum atomic E-state index is -3.67. The highest BCUT2D eigenvalue weighted by Gasteiger charge is 2.32. The highest BCUT2D eigenvalue weighted by molar-refractivity contribution is 7.90. The predicted molar refractivity (Wildman–Crippen MR) is 152 cm³/mol. The number of aromatic nitrogens is 1. The van der Waals surface area contributed by atoms with E-state index in [9.17, 15) is 21.6 Å². The zero-order valence-electron chi connectivity index (χ0n) is 22.2. The molecule has 0 aliphatic carbocycles. The van der Waals surface area contributed by atoms with Crippen molar-refractivity contribution in [1.29, 1.82) is 0 Å². The van der Waals surface area contributed by atoms with E-state index in [2.05, 4.69) is 18.8 Å². The normalized spacial score (nSPS) is 22.8. The van der Waals surface area contributed by atoms with E-state index < -0.39 is 19.9 Å². The number of hydrogen-bond acceptors (Lipinski definition) is 8. The molecule has 0 N–H and O–H groups in total. The van der Waals surface area contributed by atoms with Crippen molar-refractivity contribution in [1.82, 2.24) is 9.29 Å². The fourth-order valence-electron chi connectivity index (χ4n) is 5.36. The van der Waals surface area contributed by atoms with E-state index >= 15 is 0 Å². The summed E-state index contributed by atoms with van der Waals surface area (Å²) in [6, 6.07) is 10.8. The van der Waals surface area contributed by atoms with Crippen molar-refractivity contribution in [2.24, 2.45) is 11.8 Å².